The Hall–Kier alpha value is -2.60. The first-order valence-electron chi connectivity index (χ1n) is 8.63. The molecule has 0 aromatic heterocycles. The van der Waals surface area contributed by atoms with E-state index in [2.05, 4.69) is 5.32 Å². The Morgan fingerprint density at radius 2 is 2.18 bits per heavy atom. The van der Waals surface area contributed by atoms with E-state index in [1.54, 1.807) is 11.8 Å². The molecule has 0 aliphatic carbocycles. The number of hydrogen-bond acceptors (Lipinski definition) is 6. The van der Waals surface area contributed by atoms with E-state index < -0.39 is 39.9 Å². The van der Waals surface area contributed by atoms with Gasteiger partial charge in [-0.05, 0) is 24.5 Å². The van der Waals surface area contributed by atoms with Crippen LogP contribution in [0, 0.1) is 5.82 Å². The normalized spacial score (nSPS) is 18.0. The number of halogens is 1. The summed E-state index contributed by atoms with van der Waals surface area (Å²) in [6.07, 6.45) is 0.933. The lowest BCUT2D eigenvalue weighted by molar-refractivity contribution is -0.117. The number of benzene rings is 1. The van der Waals surface area contributed by atoms with Gasteiger partial charge in [-0.15, -0.1) is 0 Å². The van der Waals surface area contributed by atoms with Crippen LogP contribution in [-0.4, -0.2) is 63.7 Å². The fourth-order valence-corrected chi connectivity index (χ4v) is 4.38. The molecule has 28 heavy (non-hydrogen) atoms. The second-order valence-electron chi connectivity index (χ2n) is 6.48. The van der Waals surface area contributed by atoms with Crippen LogP contribution in [0.4, 0.5) is 14.9 Å². The minimum Gasteiger partial charge on any atom is -0.506 e. The van der Waals surface area contributed by atoms with Gasteiger partial charge in [0.25, 0.3) is 5.91 Å². The molecule has 2 heterocycles. The highest BCUT2D eigenvalue weighted by Gasteiger charge is 2.39. The van der Waals surface area contributed by atoms with Crippen LogP contribution in [0.3, 0.4) is 0 Å². The van der Waals surface area contributed by atoms with Gasteiger partial charge in [-0.1, -0.05) is 0 Å². The van der Waals surface area contributed by atoms with Gasteiger partial charge in [-0.2, -0.15) is 8.42 Å². The van der Waals surface area contributed by atoms with Crippen LogP contribution in [0.5, 0.6) is 5.75 Å². The van der Waals surface area contributed by atoms with Crippen molar-refractivity contribution in [3.05, 3.63) is 23.0 Å². The second kappa shape index (κ2) is 7.80. The summed E-state index contributed by atoms with van der Waals surface area (Å²) in [6.45, 7) is 0.509. The highest BCUT2D eigenvalue weighted by molar-refractivity contribution is 7.92. The van der Waals surface area contributed by atoms with Crippen LogP contribution in [-0.2, 0) is 32.7 Å². The van der Waals surface area contributed by atoms with Gasteiger partial charge in [0, 0.05) is 32.4 Å². The number of nitrogens with zero attached hydrogens (tertiary/aromatic N) is 2. The van der Waals surface area contributed by atoms with Gasteiger partial charge < -0.3 is 20.1 Å². The molecule has 1 aromatic carbocycles. The van der Waals surface area contributed by atoms with Crippen molar-refractivity contribution in [1.29, 1.82) is 0 Å². The van der Waals surface area contributed by atoms with Crippen molar-refractivity contribution in [3.63, 3.8) is 0 Å². The monoisotopic (exact) mass is 416 g/mol. The third-order valence-electron chi connectivity index (χ3n) is 4.57. The summed E-state index contributed by atoms with van der Waals surface area (Å²) in [5, 5.41) is 12.9. The van der Waals surface area contributed by atoms with Crippen molar-refractivity contribution in [2.24, 2.45) is 0 Å². The summed E-state index contributed by atoms with van der Waals surface area (Å²) in [4.78, 5) is 25.1. The van der Waals surface area contributed by atoms with E-state index in [1.807, 2.05) is 0 Å². The maximum Gasteiger partial charge on any atom is 0.326 e. The number of nitrogens with one attached hydrogen (secondary N) is 2. The number of phenolic OH excluding ortho intramolecular Hbond substituents is 1. The number of phenols is 1. The summed E-state index contributed by atoms with van der Waals surface area (Å²) in [5.74, 6) is -2.37. The smallest absolute Gasteiger partial charge is 0.326 e. The summed E-state index contributed by atoms with van der Waals surface area (Å²) in [6, 6.07) is 0.904. The van der Waals surface area contributed by atoms with Gasteiger partial charge in [0.15, 0.2) is 5.82 Å². The molecule has 1 saturated heterocycles. The zero-order valence-corrected chi connectivity index (χ0v) is 16.0. The van der Waals surface area contributed by atoms with Crippen molar-refractivity contribution in [2.45, 2.75) is 19.4 Å². The Morgan fingerprint density at radius 3 is 2.82 bits per heavy atom. The molecule has 0 unspecified atom stereocenters. The Morgan fingerprint density at radius 1 is 1.43 bits per heavy atom. The number of aromatic hydroxyl groups is 1. The van der Waals surface area contributed by atoms with Crippen LogP contribution >= 0.6 is 0 Å². The van der Waals surface area contributed by atoms with Gasteiger partial charge in [-0.25, -0.2) is 18.2 Å². The highest BCUT2D eigenvalue weighted by atomic mass is 32.2. The van der Waals surface area contributed by atoms with Crippen LogP contribution in [0.25, 0.3) is 0 Å². The van der Waals surface area contributed by atoms with E-state index in [0.29, 0.717) is 42.4 Å². The van der Waals surface area contributed by atoms with E-state index >= 15 is 4.39 Å². The molecule has 154 valence electrons. The molecule has 3 rings (SSSR count). The summed E-state index contributed by atoms with van der Waals surface area (Å²) < 4.78 is 46.3. The number of anilines is 1. The molecule has 10 nitrogen and oxygen atoms in total. The Balaban J connectivity index is 1.84. The standard InChI is InChI=1S/C16H21FN4O6S/c1-27-6-2-4-18-16(24)20-5-3-10-7-12(22)15(14(17)11(10)8-20)21-9-13(23)19-28(21,25)26/h7,22H,2-6,8-9H2,1H3,(H,18,24)(H,19,23). The minimum atomic E-state index is -4.28. The van der Waals surface area contributed by atoms with Gasteiger partial charge in [0.2, 0.25) is 0 Å². The van der Waals surface area contributed by atoms with Gasteiger partial charge in [-0.3, -0.25) is 4.79 Å². The van der Waals surface area contributed by atoms with E-state index in [4.69, 9.17) is 4.74 Å². The predicted octanol–water partition coefficient (Wildman–Crippen LogP) is -0.183. The quantitative estimate of drug-likeness (QED) is 0.571. The average Bonchev–Trinajstić information content (AvgIpc) is 2.90. The number of urea groups is 1. The zero-order chi connectivity index (χ0) is 20.5. The summed E-state index contributed by atoms with van der Waals surface area (Å²) in [7, 11) is -2.72. The Bertz CT molecular complexity index is 907. The molecule has 1 aromatic rings. The number of rotatable bonds is 5. The number of hydrogen-bond donors (Lipinski definition) is 3. The van der Waals surface area contributed by atoms with Crippen LogP contribution < -0.4 is 14.3 Å². The number of methoxy groups -OCH3 is 1. The number of fused-ring (bicyclic) bond motifs is 1. The highest BCUT2D eigenvalue weighted by Crippen LogP contribution is 2.38. The zero-order valence-electron chi connectivity index (χ0n) is 15.2. The molecule has 3 amide bonds. The maximum absolute atomic E-state index is 15.1. The maximum atomic E-state index is 15.1. The van der Waals surface area contributed by atoms with E-state index in [1.165, 1.54) is 11.0 Å². The first kappa shape index (κ1) is 20.1. The number of amides is 3. The van der Waals surface area contributed by atoms with Crippen molar-refractivity contribution < 1.29 is 32.2 Å². The van der Waals surface area contributed by atoms with Crippen molar-refractivity contribution in [3.8, 4) is 5.75 Å². The topological polar surface area (TPSA) is 128 Å². The fourth-order valence-electron chi connectivity index (χ4n) is 3.22. The molecule has 3 N–H and O–H groups in total. The Labute approximate surface area is 161 Å². The van der Waals surface area contributed by atoms with Gasteiger partial charge in [0.05, 0.1) is 6.54 Å². The molecule has 12 heteroatoms. The second-order valence-corrected chi connectivity index (χ2v) is 8.08. The molecule has 0 radical (unpaired) electrons. The first-order valence-corrected chi connectivity index (χ1v) is 10.1. The molecule has 0 bridgehead atoms. The summed E-state index contributed by atoms with van der Waals surface area (Å²) in [5.41, 5.74) is -0.00171. The van der Waals surface area contributed by atoms with Crippen molar-refractivity contribution in [2.75, 3.05) is 37.7 Å². The lowest BCUT2D eigenvalue weighted by Gasteiger charge is -2.30. The van der Waals surface area contributed by atoms with Gasteiger partial charge in [0.1, 0.15) is 18.0 Å². The van der Waals surface area contributed by atoms with Crippen molar-refractivity contribution >= 4 is 27.8 Å². The molecular formula is C16H21FN4O6S. The molecule has 2 aliphatic rings. The summed E-state index contributed by atoms with van der Waals surface area (Å²) >= 11 is 0. The van der Waals surface area contributed by atoms with E-state index in [0.717, 1.165) is 0 Å². The predicted molar refractivity (Wildman–Crippen MR) is 96.5 cm³/mol. The van der Waals surface area contributed by atoms with E-state index in [9.17, 15) is 23.1 Å². The molecular weight excluding hydrogens is 395 g/mol. The number of carbonyl (C=O) groups excluding carboxylic acids is 2. The Kier molecular flexibility index (Phi) is 5.61. The number of ether oxygens (including phenoxy) is 1. The van der Waals surface area contributed by atoms with Crippen molar-refractivity contribution in [1.82, 2.24) is 14.9 Å². The van der Waals surface area contributed by atoms with Crippen LogP contribution in [0.2, 0.25) is 0 Å². The fraction of sp³-hybridized carbons (Fsp3) is 0.500. The SMILES string of the molecule is COCCCNC(=O)N1CCc2cc(O)c(N3CC(=O)NS3(=O)=O)c(F)c2C1. The van der Waals surface area contributed by atoms with Gasteiger partial charge >= 0.3 is 16.2 Å². The molecule has 0 spiro atoms. The molecule has 1 fully saturated rings. The third kappa shape index (κ3) is 3.83. The molecule has 0 atom stereocenters. The molecule has 0 saturated carbocycles. The lowest BCUT2D eigenvalue weighted by atomic mass is 9.97. The van der Waals surface area contributed by atoms with E-state index in [-0.39, 0.29) is 18.1 Å². The average molecular weight is 416 g/mol. The lowest BCUT2D eigenvalue weighted by Crippen LogP contribution is -2.43. The number of carbonyl (C=O) groups is 2. The molecule has 2 aliphatic heterocycles. The third-order valence-corrected chi connectivity index (χ3v) is 5.95. The van der Waals surface area contributed by atoms with Crippen LogP contribution in [0.15, 0.2) is 6.07 Å². The first-order chi connectivity index (χ1) is 13.2. The minimum absolute atomic E-state index is 0.0835. The van der Waals surface area contributed by atoms with Crippen LogP contribution in [0.1, 0.15) is 17.5 Å². The largest absolute Gasteiger partial charge is 0.506 e.